The number of hydrogen-bond acceptors (Lipinski definition) is 5. The Balaban J connectivity index is 2.41. The summed E-state index contributed by atoms with van der Waals surface area (Å²) in [5.74, 6) is 0. The molecule has 96 valence electrons. The third kappa shape index (κ3) is 2.57. The number of hydrogen-bond donors (Lipinski definition) is 1. The van der Waals surface area contributed by atoms with Crippen LogP contribution in [0.2, 0.25) is 0 Å². The number of nitrogens with two attached hydrogens (primary N) is 1. The molecular weight excluding hydrogens is 244 g/mol. The van der Waals surface area contributed by atoms with Crippen LogP contribution in [0.15, 0.2) is 18.5 Å². The topological polar surface area (TPSA) is 64.7 Å². The van der Waals surface area contributed by atoms with E-state index in [1.54, 1.807) is 0 Å². The molecule has 0 bridgehead atoms. The van der Waals surface area contributed by atoms with Crippen LogP contribution in [0.1, 0.15) is 48.5 Å². The van der Waals surface area contributed by atoms with Crippen LogP contribution in [-0.4, -0.2) is 14.6 Å². The molecule has 2 rings (SSSR count). The monoisotopic (exact) mass is 262 g/mol. The molecule has 2 N–H and O–H groups in total. The second-order valence-corrected chi connectivity index (χ2v) is 6.29. The maximum Gasteiger partial charge on any atom is 0.0860 e. The average molecular weight is 262 g/mol. The van der Waals surface area contributed by atoms with Crippen LogP contribution in [0.3, 0.4) is 0 Å². The van der Waals surface area contributed by atoms with Crippen LogP contribution in [0, 0.1) is 6.92 Å². The van der Waals surface area contributed by atoms with Gasteiger partial charge in [0.15, 0.2) is 0 Å². The van der Waals surface area contributed by atoms with Crippen molar-refractivity contribution in [2.45, 2.75) is 39.2 Å². The molecule has 18 heavy (non-hydrogen) atoms. The van der Waals surface area contributed by atoms with Gasteiger partial charge in [-0.05, 0) is 29.6 Å². The molecule has 0 aromatic carbocycles. The number of aryl methyl sites for hydroxylation is 1. The fraction of sp³-hybridized carbons (Fsp3) is 0.462. The molecular formula is C13H18N4S. The molecule has 0 aliphatic heterocycles. The van der Waals surface area contributed by atoms with Gasteiger partial charge in [0.1, 0.15) is 0 Å². The second-order valence-electron chi connectivity index (χ2n) is 5.51. The molecule has 0 aliphatic carbocycles. The lowest BCUT2D eigenvalue weighted by Gasteiger charge is -2.19. The van der Waals surface area contributed by atoms with Gasteiger partial charge < -0.3 is 5.73 Å². The highest BCUT2D eigenvalue weighted by Crippen LogP contribution is 2.32. The molecule has 0 amide bonds. The second kappa shape index (κ2) is 4.74. The van der Waals surface area contributed by atoms with E-state index in [0.29, 0.717) is 0 Å². The number of pyridine rings is 1. The molecule has 4 nitrogen and oxygen atoms in total. The smallest absolute Gasteiger partial charge is 0.0860 e. The third-order valence-electron chi connectivity index (χ3n) is 2.76. The van der Waals surface area contributed by atoms with Gasteiger partial charge in [-0.25, -0.2) is 0 Å². The van der Waals surface area contributed by atoms with Crippen molar-refractivity contribution < 1.29 is 0 Å². The van der Waals surface area contributed by atoms with E-state index in [1.165, 1.54) is 11.5 Å². The molecule has 0 aliphatic rings. The summed E-state index contributed by atoms with van der Waals surface area (Å²) in [6.45, 7) is 8.37. The minimum Gasteiger partial charge on any atom is -0.319 e. The van der Waals surface area contributed by atoms with E-state index >= 15 is 0 Å². The lowest BCUT2D eigenvalue weighted by Crippen LogP contribution is -2.19. The highest BCUT2D eigenvalue weighted by Gasteiger charge is 2.26. The highest BCUT2D eigenvalue weighted by molar-refractivity contribution is 7.05. The molecule has 0 saturated carbocycles. The Labute approximate surface area is 111 Å². The standard InChI is InChI=1S/C13H18N4S/c1-8-5-9(7-15-6-8)10(14)11-12(13(2,3)4)16-17-18-11/h5-7,10H,14H2,1-4H3. The van der Waals surface area contributed by atoms with Gasteiger partial charge in [-0.15, -0.1) is 5.10 Å². The van der Waals surface area contributed by atoms with Gasteiger partial charge in [0.25, 0.3) is 0 Å². The lowest BCUT2D eigenvalue weighted by molar-refractivity contribution is 0.556. The third-order valence-corrected chi connectivity index (χ3v) is 3.57. The number of aromatic nitrogens is 3. The Hall–Kier alpha value is -1.33. The highest BCUT2D eigenvalue weighted by atomic mass is 32.1. The van der Waals surface area contributed by atoms with Crippen LogP contribution in [-0.2, 0) is 5.41 Å². The van der Waals surface area contributed by atoms with Gasteiger partial charge in [0, 0.05) is 17.8 Å². The van der Waals surface area contributed by atoms with E-state index in [0.717, 1.165) is 21.7 Å². The largest absolute Gasteiger partial charge is 0.319 e. The van der Waals surface area contributed by atoms with Gasteiger partial charge in [-0.1, -0.05) is 31.3 Å². The lowest BCUT2D eigenvalue weighted by atomic mass is 9.89. The van der Waals surface area contributed by atoms with Crippen molar-refractivity contribution in [3.8, 4) is 0 Å². The van der Waals surface area contributed by atoms with E-state index in [9.17, 15) is 0 Å². The molecule has 0 saturated heterocycles. The quantitative estimate of drug-likeness (QED) is 0.903. The summed E-state index contributed by atoms with van der Waals surface area (Å²) in [5.41, 5.74) is 9.36. The van der Waals surface area contributed by atoms with Crippen LogP contribution >= 0.6 is 11.5 Å². The van der Waals surface area contributed by atoms with E-state index in [4.69, 9.17) is 5.73 Å². The maximum absolute atomic E-state index is 6.32. The zero-order valence-electron chi connectivity index (χ0n) is 11.1. The maximum atomic E-state index is 6.32. The summed E-state index contributed by atoms with van der Waals surface area (Å²) in [6.07, 6.45) is 3.63. The van der Waals surface area contributed by atoms with Crippen molar-refractivity contribution >= 4 is 11.5 Å². The Morgan fingerprint density at radius 3 is 2.61 bits per heavy atom. The normalized spacial score (nSPS) is 13.6. The van der Waals surface area contributed by atoms with Crippen molar-refractivity contribution in [2.24, 2.45) is 5.73 Å². The first-order valence-electron chi connectivity index (χ1n) is 5.89. The molecule has 0 fully saturated rings. The SMILES string of the molecule is Cc1cncc(C(N)c2snnc2C(C)(C)C)c1. The van der Waals surface area contributed by atoms with Gasteiger partial charge in [-0.2, -0.15) is 0 Å². The van der Waals surface area contributed by atoms with Crippen LogP contribution in [0.5, 0.6) is 0 Å². The molecule has 2 heterocycles. The van der Waals surface area contributed by atoms with Crippen LogP contribution in [0.4, 0.5) is 0 Å². The first-order valence-corrected chi connectivity index (χ1v) is 6.67. The predicted octanol–water partition coefficient (Wildman–Crippen LogP) is 2.59. The van der Waals surface area contributed by atoms with Gasteiger partial charge in [0.05, 0.1) is 16.6 Å². The molecule has 0 spiro atoms. The zero-order chi connectivity index (χ0) is 13.3. The van der Waals surface area contributed by atoms with Crippen molar-refractivity contribution in [3.05, 3.63) is 40.2 Å². The van der Waals surface area contributed by atoms with Gasteiger partial charge >= 0.3 is 0 Å². The Morgan fingerprint density at radius 2 is 2.00 bits per heavy atom. The zero-order valence-corrected chi connectivity index (χ0v) is 12.0. The fourth-order valence-electron chi connectivity index (χ4n) is 1.82. The number of rotatable bonds is 2. The van der Waals surface area contributed by atoms with Crippen LogP contribution < -0.4 is 5.73 Å². The summed E-state index contributed by atoms with van der Waals surface area (Å²) < 4.78 is 4.05. The van der Waals surface area contributed by atoms with Crippen molar-refractivity contribution in [1.29, 1.82) is 0 Å². The van der Waals surface area contributed by atoms with E-state index in [-0.39, 0.29) is 11.5 Å². The predicted molar refractivity (Wildman–Crippen MR) is 73.6 cm³/mol. The first-order chi connectivity index (χ1) is 8.39. The molecule has 2 aromatic heterocycles. The average Bonchev–Trinajstić information content (AvgIpc) is 2.76. The Bertz CT molecular complexity index is 542. The van der Waals surface area contributed by atoms with E-state index < -0.39 is 0 Å². The molecule has 2 aromatic rings. The minimum atomic E-state index is -0.202. The fourth-order valence-corrected chi connectivity index (χ4v) is 2.71. The summed E-state index contributed by atoms with van der Waals surface area (Å²) >= 11 is 1.37. The van der Waals surface area contributed by atoms with Gasteiger partial charge in [0.2, 0.25) is 0 Å². The first kappa shape index (κ1) is 13.1. The van der Waals surface area contributed by atoms with Crippen molar-refractivity contribution in [3.63, 3.8) is 0 Å². The summed E-state index contributed by atoms with van der Waals surface area (Å²) in [4.78, 5) is 5.21. The minimum absolute atomic E-state index is 0.0444. The molecule has 5 heteroatoms. The summed E-state index contributed by atoms with van der Waals surface area (Å²) in [7, 11) is 0. The van der Waals surface area contributed by atoms with Crippen molar-refractivity contribution in [1.82, 2.24) is 14.6 Å². The molecule has 1 atom stereocenters. The summed E-state index contributed by atoms with van der Waals surface area (Å²) in [5, 5.41) is 4.22. The molecule has 1 unspecified atom stereocenters. The summed E-state index contributed by atoms with van der Waals surface area (Å²) in [6, 6.07) is 1.86. The van der Waals surface area contributed by atoms with E-state index in [2.05, 4.69) is 41.4 Å². The Kier molecular flexibility index (Phi) is 3.45. The van der Waals surface area contributed by atoms with Gasteiger partial charge in [-0.3, -0.25) is 4.98 Å². The number of nitrogens with zero attached hydrogens (tertiary/aromatic N) is 3. The molecule has 0 radical (unpaired) electrons. The Morgan fingerprint density at radius 1 is 1.28 bits per heavy atom. The van der Waals surface area contributed by atoms with E-state index in [1.807, 2.05) is 19.3 Å². The van der Waals surface area contributed by atoms with Crippen molar-refractivity contribution in [2.75, 3.05) is 0 Å². The van der Waals surface area contributed by atoms with Crippen LogP contribution in [0.25, 0.3) is 0 Å².